The Kier molecular flexibility index (Phi) is 9.27. The molecule has 0 aliphatic carbocycles. The molecule has 0 aliphatic heterocycles. The lowest BCUT2D eigenvalue weighted by atomic mass is 10.1. The summed E-state index contributed by atoms with van der Waals surface area (Å²) in [6.07, 6.45) is 3.04. The standard InChI is InChI=1S/C23H25ClO6S/c1-14(2)30-23-18(24)9-15(10-21(23)29-4)5-7-19(25)16-6-8-20(28-3)17(11-16)12-31-13-22(26)27/h5-11,14H,12-13H2,1-4H3,(H,26,27)/b7-5+. The van der Waals surface area contributed by atoms with Gasteiger partial charge in [0, 0.05) is 16.9 Å². The van der Waals surface area contributed by atoms with E-state index in [1.807, 2.05) is 13.8 Å². The molecule has 0 bridgehead atoms. The van der Waals surface area contributed by atoms with Crippen molar-refractivity contribution < 1.29 is 28.9 Å². The highest BCUT2D eigenvalue weighted by Crippen LogP contribution is 2.37. The van der Waals surface area contributed by atoms with E-state index in [4.69, 9.17) is 30.9 Å². The van der Waals surface area contributed by atoms with Crippen LogP contribution in [-0.2, 0) is 10.5 Å². The van der Waals surface area contributed by atoms with Crippen LogP contribution in [0.3, 0.4) is 0 Å². The number of carbonyl (C=O) groups is 2. The summed E-state index contributed by atoms with van der Waals surface area (Å²) in [5.74, 6) is 0.848. The van der Waals surface area contributed by atoms with Gasteiger partial charge >= 0.3 is 5.97 Å². The van der Waals surface area contributed by atoms with Gasteiger partial charge in [0.25, 0.3) is 0 Å². The molecular formula is C23H25ClO6S. The van der Waals surface area contributed by atoms with Gasteiger partial charge in [-0.25, -0.2) is 0 Å². The first-order valence-electron chi connectivity index (χ1n) is 9.48. The van der Waals surface area contributed by atoms with Gasteiger partial charge in [0.2, 0.25) is 0 Å². The number of aliphatic carboxylic acids is 1. The third-order valence-electron chi connectivity index (χ3n) is 4.08. The lowest BCUT2D eigenvalue weighted by Crippen LogP contribution is -2.07. The Morgan fingerprint density at radius 1 is 1.13 bits per heavy atom. The normalized spacial score (nSPS) is 11.0. The summed E-state index contributed by atoms with van der Waals surface area (Å²) in [5.41, 5.74) is 1.92. The van der Waals surface area contributed by atoms with Gasteiger partial charge in [-0.1, -0.05) is 17.7 Å². The minimum atomic E-state index is -0.891. The van der Waals surface area contributed by atoms with E-state index in [1.54, 1.807) is 36.4 Å². The van der Waals surface area contributed by atoms with Crippen molar-refractivity contribution >= 4 is 41.2 Å². The lowest BCUT2D eigenvalue weighted by molar-refractivity contribution is -0.133. The van der Waals surface area contributed by atoms with Crippen LogP contribution in [-0.4, -0.2) is 42.9 Å². The molecule has 0 radical (unpaired) electrons. The molecular weight excluding hydrogens is 440 g/mol. The topological polar surface area (TPSA) is 82.1 Å². The van der Waals surface area contributed by atoms with E-state index in [2.05, 4.69) is 0 Å². The third kappa shape index (κ3) is 7.22. The van der Waals surface area contributed by atoms with Crippen molar-refractivity contribution in [3.63, 3.8) is 0 Å². The van der Waals surface area contributed by atoms with Gasteiger partial charge in [-0.15, -0.1) is 11.8 Å². The maximum atomic E-state index is 12.7. The fraction of sp³-hybridized carbons (Fsp3) is 0.304. The molecule has 0 amide bonds. The Morgan fingerprint density at radius 2 is 1.84 bits per heavy atom. The number of halogens is 1. The van der Waals surface area contributed by atoms with Gasteiger partial charge in [-0.05, 0) is 55.8 Å². The quantitative estimate of drug-likeness (QED) is 0.354. The molecule has 0 heterocycles. The number of hydrogen-bond donors (Lipinski definition) is 1. The van der Waals surface area contributed by atoms with Crippen molar-refractivity contribution in [3.8, 4) is 17.2 Å². The zero-order chi connectivity index (χ0) is 23.0. The van der Waals surface area contributed by atoms with Crippen molar-refractivity contribution in [3.05, 3.63) is 58.1 Å². The number of allylic oxidation sites excluding steroid dienone is 1. The number of rotatable bonds is 11. The molecule has 31 heavy (non-hydrogen) atoms. The summed E-state index contributed by atoms with van der Waals surface area (Å²) in [6, 6.07) is 8.54. The Labute approximate surface area is 191 Å². The van der Waals surface area contributed by atoms with Crippen LogP contribution < -0.4 is 14.2 Å². The predicted molar refractivity (Wildman–Crippen MR) is 124 cm³/mol. The Balaban J connectivity index is 2.22. The molecule has 8 heteroatoms. The second-order valence-corrected chi connectivity index (χ2v) is 8.20. The van der Waals surface area contributed by atoms with Gasteiger partial charge in [0.1, 0.15) is 5.75 Å². The van der Waals surface area contributed by atoms with E-state index in [-0.39, 0.29) is 17.6 Å². The number of carbonyl (C=O) groups excluding carboxylic acids is 1. The van der Waals surface area contributed by atoms with Crippen molar-refractivity contribution in [2.24, 2.45) is 0 Å². The number of thioether (sulfide) groups is 1. The van der Waals surface area contributed by atoms with Gasteiger partial charge in [-0.3, -0.25) is 9.59 Å². The van der Waals surface area contributed by atoms with E-state index in [0.717, 1.165) is 5.56 Å². The molecule has 1 N–H and O–H groups in total. The average molecular weight is 465 g/mol. The summed E-state index contributed by atoms with van der Waals surface area (Å²) in [6.45, 7) is 3.79. The van der Waals surface area contributed by atoms with Crippen LogP contribution in [0.15, 0.2) is 36.4 Å². The van der Waals surface area contributed by atoms with Crippen LogP contribution in [0.2, 0.25) is 5.02 Å². The van der Waals surface area contributed by atoms with E-state index >= 15 is 0 Å². The number of carboxylic acid groups (broad SMARTS) is 1. The molecule has 0 atom stereocenters. The largest absolute Gasteiger partial charge is 0.496 e. The highest BCUT2D eigenvalue weighted by atomic mass is 35.5. The average Bonchev–Trinajstić information content (AvgIpc) is 2.72. The van der Waals surface area contributed by atoms with Crippen molar-refractivity contribution in [1.82, 2.24) is 0 Å². The molecule has 2 rings (SSSR count). The van der Waals surface area contributed by atoms with Crippen LogP contribution in [0.4, 0.5) is 0 Å². The van der Waals surface area contributed by atoms with Crippen LogP contribution in [0, 0.1) is 0 Å². The summed E-state index contributed by atoms with van der Waals surface area (Å²) in [4.78, 5) is 23.4. The van der Waals surface area contributed by atoms with E-state index in [9.17, 15) is 9.59 Å². The van der Waals surface area contributed by atoms with Crippen molar-refractivity contribution in [2.45, 2.75) is 25.7 Å². The number of benzene rings is 2. The SMILES string of the molecule is COc1ccc(C(=O)/C=C/c2cc(Cl)c(OC(C)C)c(OC)c2)cc1CSCC(=O)O. The molecule has 166 valence electrons. The summed E-state index contributed by atoms with van der Waals surface area (Å²) in [7, 11) is 3.06. The first-order chi connectivity index (χ1) is 14.7. The Morgan fingerprint density at radius 3 is 2.45 bits per heavy atom. The maximum Gasteiger partial charge on any atom is 0.313 e. The zero-order valence-electron chi connectivity index (χ0n) is 17.8. The van der Waals surface area contributed by atoms with Crippen LogP contribution >= 0.6 is 23.4 Å². The van der Waals surface area contributed by atoms with Crippen LogP contribution in [0.25, 0.3) is 6.08 Å². The lowest BCUT2D eigenvalue weighted by Gasteiger charge is -2.15. The minimum absolute atomic E-state index is 0.0274. The molecule has 0 saturated heterocycles. The van der Waals surface area contributed by atoms with Gasteiger partial charge < -0.3 is 19.3 Å². The molecule has 2 aromatic rings. The van der Waals surface area contributed by atoms with Gasteiger partial charge in [0.05, 0.1) is 31.1 Å². The fourth-order valence-corrected chi connectivity index (χ4v) is 3.73. The molecule has 0 spiro atoms. The van der Waals surface area contributed by atoms with E-state index < -0.39 is 5.97 Å². The molecule has 0 fully saturated rings. The summed E-state index contributed by atoms with van der Waals surface area (Å²) >= 11 is 7.57. The van der Waals surface area contributed by atoms with E-state index in [0.29, 0.717) is 39.2 Å². The third-order valence-corrected chi connectivity index (χ3v) is 5.33. The number of ether oxygens (including phenoxy) is 3. The highest BCUT2D eigenvalue weighted by molar-refractivity contribution is 7.99. The first-order valence-corrected chi connectivity index (χ1v) is 11.0. The monoisotopic (exact) mass is 464 g/mol. The molecule has 6 nitrogen and oxygen atoms in total. The number of methoxy groups -OCH3 is 2. The molecule has 0 unspecified atom stereocenters. The zero-order valence-corrected chi connectivity index (χ0v) is 19.4. The van der Waals surface area contributed by atoms with E-state index in [1.165, 1.54) is 32.1 Å². The predicted octanol–water partition coefficient (Wildman–Crippen LogP) is 5.36. The molecule has 2 aromatic carbocycles. The van der Waals surface area contributed by atoms with Gasteiger partial charge in [0.15, 0.2) is 17.3 Å². The molecule has 0 saturated carbocycles. The molecule has 0 aliphatic rings. The first kappa shape index (κ1) is 24.6. The fourth-order valence-electron chi connectivity index (χ4n) is 2.75. The van der Waals surface area contributed by atoms with Crippen molar-refractivity contribution in [1.29, 1.82) is 0 Å². The van der Waals surface area contributed by atoms with Crippen molar-refractivity contribution in [2.75, 3.05) is 20.0 Å². The van der Waals surface area contributed by atoms with Crippen LogP contribution in [0.1, 0.15) is 35.3 Å². The second-order valence-electron chi connectivity index (χ2n) is 6.81. The van der Waals surface area contributed by atoms with Gasteiger partial charge in [-0.2, -0.15) is 0 Å². The smallest absolute Gasteiger partial charge is 0.313 e. The Hall–Kier alpha value is -2.64. The minimum Gasteiger partial charge on any atom is -0.496 e. The number of hydrogen-bond acceptors (Lipinski definition) is 6. The molecule has 0 aromatic heterocycles. The highest BCUT2D eigenvalue weighted by Gasteiger charge is 2.13. The number of ketones is 1. The number of carboxylic acids is 1. The summed E-state index contributed by atoms with van der Waals surface area (Å²) in [5, 5.41) is 9.21. The Bertz CT molecular complexity index is 971. The maximum absolute atomic E-state index is 12.7. The summed E-state index contributed by atoms with van der Waals surface area (Å²) < 4.78 is 16.4. The van der Waals surface area contributed by atoms with Crippen LogP contribution in [0.5, 0.6) is 17.2 Å². The second kappa shape index (κ2) is 11.7.